The summed E-state index contributed by atoms with van der Waals surface area (Å²) in [5.41, 5.74) is 2.48. The zero-order chi connectivity index (χ0) is 18.8. The van der Waals surface area contributed by atoms with Crippen LogP contribution in [0.5, 0.6) is 0 Å². The number of carbonyl (C=O) groups is 2. The van der Waals surface area contributed by atoms with Crippen molar-refractivity contribution in [2.45, 2.75) is 45.8 Å². The van der Waals surface area contributed by atoms with Gasteiger partial charge >= 0.3 is 5.97 Å². The smallest absolute Gasteiger partial charge is 0.340 e. The van der Waals surface area contributed by atoms with Crippen LogP contribution in [0.25, 0.3) is 0 Å². The molecule has 2 heterocycles. The van der Waals surface area contributed by atoms with Crippen LogP contribution in [0.15, 0.2) is 18.3 Å². The molecule has 138 valence electrons. The van der Waals surface area contributed by atoms with Gasteiger partial charge in [-0.25, -0.2) is 9.78 Å². The molecule has 1 atom stereocenters. The molecule has 0 aromatic carbocycles. The van der Waals surface area contributed by atoms with Gasteiger partial charge < -0.3 is 15.4 Å². The van der Waals surface area contributed by atoms with Gasteiger partial charge in [0.1, 0.15) is 5.82 Å². The number of nitrogens with one attached hydrogen (secondary N) is 2. The monoisotopic (exact) mass is 357 g/mol. The van der Waals surface area contributed by atoms with Gasteiger partial charge in [-0.1, -0.05) is 0 Å². The summed E-state index contributed by atoms with van der Waals surface area (Å²) in [4.78, 5) is 28.7. The number of hydrogen-bond acceptors (Lipinski definition) is 6. The van der Waals surface area contributed by atoms with Gasteiger partial charge in [-0.2, -0.15) is 5.10 Å². The number of pyridine rings is 1. The number of aryl methyl sites for hydroxylation is 2. The molecule has 1 saturated carbocycles. The fourth-order valence-electron chi connectivity index (χ4n) is 2.50. The maximum absolute atomic E-state index is 12.3. The van der Waals surface area contributed by atoms with Crippen molar-refractivity contribution in [1.82, 2.24) is 14.8 Å². The van der Waals surface area contributed by atoms with E-state index >= 15 is 0 Å². The maximum Gasteiger partial charge on any atom is 0.340 e. The van der Waals surface area contributed by atoms with Crippen molar-refractivity contribution in [2.75, 3.05) is 10.6 Å². The van der Waals surface area contributed by atoms with E-state index in [1.807, 2.05) is 13.8 Å². The third kappa shape index (κ3) is 4.01. The highest BCUT2D eigenvalue weighted by Gasteiger charge is 2.23. The molecule has 2 aromatic heterocycles. The first kappa shape index (κ1) is 17.9. The third-order valence-corrected chi connectivity index (χ3v) is 4.34. The molecule has 0 aliphatic heterocycles. The Labute approximate surface area is 151 Å². The molecule has 1 aliphatic carbocycles. The number of amides is 1. The Morgan fingerprint density at radius 2 is 2.04 bits per heavy atom. The van der Waals surface area contributed by atoms with E-state index in [0.717, 1.165) is 24.4 Å². The second kappa shape index (κ2) is 7.15. The first-order valence-corrected chi connectivity index (χ1v) is 8.59. The van der Waals surface area contributed by atoms with E-state index in [1.54, 1.807) is 23.9 Å². The number of aromatic nitrogens is 3. The first-order valence-electron chi connectivity index (χ1n) is 8.59. The standard InChI is InChI=1S/C18H23N5O3/c1-10-16(11(2)23(4)22-10)21-17(24)12(3)26-18(25)13-5-8-15(19-9-13)20-14-6-7-14/h5,8-9,12,14H,6-7H2,1-4H3,(H,19,20)(H,21,24). The van der Waals surface area contributed by atoms with Crippen LogP contribution in [0, 0.1) is 13.8 Å². The summed E-state index contributed by atoms with van der Waals surface area (Å²) in [7, 11) is 1.80. The molecular formula is C18H23N5O3. The maximum atomic E-state index is 12.3. The van der Waals surface area contributed by atoms with Crippen LogP contribution < -0.4 is 10.6 Å². The van der Waals surface area contributed by atoms with Crippen LogP contribution in [-0.2, 0) is 16.6 Å². The predicted molar refractivity (Wildman–Crippen MR) is 97.1 cm³/mol. The number of hydrogen-bond donors (Lipinski definition) is 2. The Morgan fingerprint density at radius 3 is 2.58 bits per heavy atom. The lowest BCUT2D eigenvalue weighted by molar-refractivity contribution is -0.123. The van der Waals surface area contributed by atoms with Crippen LogP contribution in [0.4, 0.5) is 11.5 Å². The zero-order valence-corrected chi connectivity index (χ0v) is 15.4. The van der Waals surface area contributed by atoms with Crippen LogP contribution >= 0.6 is 0 Å². The van der Waals surface area contributed by atoms with E-state index in [-0.39, 0.29) is 0 Å². The quantitative estimate of drug-likeness (QED) is 0.769. The van der Waals surface area contributed by atoms with Gasteiger partial charge in [0.2, 0.25) is 0 Å². The van der Waals surface area contributed by atoms with Crippen molar-refractivity contribution >= 4 is 23.4 Å². The summed E-state index contributed by atoms with van der Waals surface area (Å²) in [5, 5.41) is 10.3. The zero-order valence-electron chi connectivity index (χ0n) is 15.4. The summed E-state index contributed by atoms with van der Waals surface area (Å²) < 4.78 is 6.94. The van der Waals surface area contributed by atoms with Crippen molar-refractivity contribution in [2.24, 2.45) is 7.05 Å². The van der Waals surface area contributed by atoms with Crippen LogP contribution in [0.3, 0.4) is 0 Å². The largest absolute Gasteiger partial charge is 0.449 e. The van der Waals surface area contributed by atoms with Crippen LogP contribution in [0.1, 0.15) is 41.5 Å². The Kier molecular flexibility index (Phi) is 4.92. The summed E-state index contributed by atoms with van der Waals surface area (Å²) >= 11 is 0. The minimum Gasteiger partial charge on any atom is -0.449 e. The third-order valence-electron chi connectivity index (χ3n) is 4.34. The SMILES string of the molecule is Cc1nn(C)c(C)c1NC(=O)C(C)OC(=O)c1ccc(NC2CC2)nc1. The highest BCUT2D eigenvalue weighted by molar-refractivity contribution is 5.97. The summed E-state index contributed by atoms with van der Waals surface area (Å²) in [6, 6.07) is 3.87. The van der Waals surface area contributed by atoms with Gasteiger partial charge in [0.05, 0.1) is 22.6 Å². The second-order valence-corrected chi connectivity index (χ2v) is 6.56. The average molecular weight is 357 g/mol. The van der Waals surface area contributed by atoms with Crippen LogP contribution in [-0.4, -0.2) is 38.8 Å². The van der Waals surface area contributed by atoms with E-state index in [1.165, 1.54) is 13.1 Å². The number of esters is 1. The Bertz CT molecular complexity index is 824. The second-order valence-electron chi connectivity index (χ2n) is 6.56. The molecule has 0 bridgehead atoms. The molecule has 2 aromatic rings. The Balaban J connectivity index is 1.58. The van der Waals surface area contributed by atoms with Crippen molar-refractivity contribution in [3.63, 3.8) is 0 Å². The van der Waals surface area contributed by atoms with Gasteiger partial charge in [0.25, 0.3) is 5.91 Å². The van der Waals surface area contributed by atoms with E-state index in [4.69, 9.17) is 4.74 Å². The minimum absolute atomic E-state index is 0.305. The average Bonchev–Trinajstić information content (AvgIpc) is 3.39. The van der Waals surface area contributed by atoms with Crippen LogP contribution in [0.2, 0.25) is 0 Å². The summed E-state index contributed by atoms with van der Waals surface area (Å²) in [6.45, 7) is 5.20. The van der Waals surface area contributed by atoms with E-state index < -0.39 is 18.0 Å². The molecular weight excluding hydrogens is 334 g/mol. The van der Waals surface area contributed by atoms with Crippen molar-refractivity contribution in [3.8, 4) is 0 Å². The lowest BCUT2D eigenvalue weighted by Crippen LogP contribution is -2.30. The molecule has 1 amide bonds. The van der Waals surface area contributed by atoms with Crippen molar-refractivity contribution in [3.05, 3.63) is 35.3 Å². The number of carbonyl (C=O) groups excluding carboxylic acids is 2. The van der Waals surface area contributed by atoms with Gasteiger partial charge in [-0.3, -0.25) is 9.48 Å². The molecule has 1 fully saturated rings. The fourth-order valence-corrected chi connectivity index (χ4v) is 2.50. The van der Waals surface area contributed by atoms with E-state index in [0.29, 0.717) is 23.0 Å². The normalized spacial score (nSPS) is 14.6. The number of nitrogens with zero attached hydrogens (tertiary/aromatic N) is 3. The molecule has 0 radical (unpaired) electrons. The van der Waals surface area contributed by atoms with Gasteiger partial charge in [-0.15, -0.1) is 0 Å². The first-order chi connectivity index (χ1) is 12.3. The van der Waals surface area contributed by atoms with E-state index in [9.17, 15) is 9.59 Å². The molecule has 0 saturated heterocycles. The highest BCUT2D eigenvalue weighted by Crippen LogP contribution is 2.23. The minimum atomic E-state index is -0.939. The number of anilines is 2. The van der Waals surface area contributed by atoms with Gasteiger partial charge in [0, 0.05) is 19.3 Å². The van der Waals surface area contributed by atoms with Gasteiger partial charge in [-0.05, 0) is 45.7 Å². The lowest BCUT2D eigenvalue weighted by atomic mass is 10.2. The molecule has 3 rings (SSSR count). The molecule has 8 heteroatoms. The summed E-state index contributed by atoms with van der Waals surface area (Å²) in [6.07, 6.45) is 2.81. The van der Waals surface area contributed by atoms with E-state index in [2.05, 4.69) is 20.7 Å². The topological polar surface area (TPSA) is 98.1 Å². The number of rotatable bonds is 6. The highest BCUT2D eigenvalue weighted by atomic mass is 16.5. The molecule has 1 unspecified atom stereocenters. The Hall–Kier alpha value is -2.90. The fraction of sp³-hybridized carbons (Fsp3) is 0.444. The van der Waals surface area contributed by atoms with Crippen molar-refractivity contribution in [1.29, 1.82) is 0 Å². The molecule has 1 aliphatic rings. The Morgan fingerprint density at radius 1 is 1.31 bits per heavy atom. The molecule has 8 nitrogen and oxygen atoms in total. The van der Waals surface area contributed by atoms with Crippen molar-refractivity contribution < 1.29 is 14.3 Å². The lowest BCUT2D eigenvalue weighted by Gasteiger charge is -2.14. The molecule has 2 N–H and O–H groups in total. The predicted octanol–water partition coefficient (Wildman–Crippen LogP) is 2.19. The van der Waals surface area contributed by atoms with Gasteiger partial charge in [0.15, 0.2) is 6.10 Å². The summed E-state index contributed by atoms with van der Waals surface area (Å²) in [5.74, 6) is -0.257. The number of ether oxygens (including phenoxy) is 1. The molecule has 26 heavy (non-hydrogen) atoms. The molecule has 0 spiro atoms.